The van der Waals surface area contributed by atoms with E-state index in [2.05, 4.69) is 25.8 Å². The number of para-hydroxylation sites is 1. The van der Waals surface area contributed by atoms with Crippen molar-refractivity contribution in [2.45, 2.75) is 39.7 Å². The van der Waals surface area contributed by atoms with Crippen LogP contribution in [0.2, 0.25) is 0 Å². The molecule has 0 aliphatic heterocycles. The van der Waals surface area contributed by atoms with Gasteiger partial charge in [-0.05, 0) is 47.1 Å². The summed E-state index contributed by atoms with van der Waals surface area (Å²) in [6.07, 6.45) is 0. The second-order valence-electron chi connectivity index (χ2n) is 7.57. The number of ether oxygens (including phenoxy) is 1. The number of esters is 1. The Balaban J connectivity index is 1.76. The van der Waals surface area contributed by atoms with Gasteiger partial charge in [-0.3, -0.25) is 4.79 Å². The van der Waals surface area contributed by atoms with Gasteiger partial charge in [-0.15, -0.1) is 0 Å². The van der Waals surface area contributed by atoms with Crippen molar-refractivity contribution in [3.05, 3.63) is 81.1 Å². The number of fused-ring (bicyclic) bond motifs is 1. The van der Waals surface area contributed by atoms with Crippen molar-refractivity contribution < 1.29 is 9.53 Å². The Kier molecular flexibility index (Phi) is 4.68. The van der Waals surface area contributed by atoms with E-state index >= 15 is 0 Å². The van der Waals surface area contributed by atoms with Crippen LogP contribution in [0.15, 0.2) is 53.3 Å². The maximum absolute atomic E-state index is 12.3. The summed E-state index contributed by atoms with van der Waals surface area (Å²) in [5, 5.41) is 0.921. The van der Waals surface area contributed by atoms with Crippen LogP contribution >= 0.6 is 0 Å². The summed E-state index contributed by atoms with van der Waals surface area (Å²) < 4.78 is 5.34. The van der Waals surface area contributed by atoms with Crippen LogP contribution in [0, 0.1) is 6.92 Å². The van der Waals surface area contributed by atoms with Gasteiger partial charge in [0.15, 0.2) is 0 Å². The van der Waals surface area contributed by atoms with Crippen molar-refractivity contribution in [1.29, 1.82) is 0 Å². The zero-order chi connectivity index (χ0) is 18.9. The van der Waals surface area contributed by atoms with Gasteiger partial charge in [0.25, 0.3) is 5.56 Å². The first-order valence-corrected chi connectivity index (χ1v) is 8.65. The van der Waals surface area contributed by atoms with Crippen LogP contribution < -0.4 is 5.56 Å². The summed E-state index contributed by atoms with van der Waals surface area (Å²) in [6, 6.07) is 15.0. The summed E-state index contributed by atoms with van der Waals surface area (Å²) in [7, 11) is 0. The fraction of sp³-hybridized carbons (Fsp3) is 0.273. The number of aromatic nitrogens is 1. The van der Waals surface area contributed by atoms with Crippen molar-refractivity contribution in [2.75, 3.05) is 0 Å². The molecule has 0 saturated carbocycles. The molecule has 0 bridgehead atoms. The molecule has 4 heteroatoms. The number of nitrogens with one attached hydrogen (secondary N) is 1. The Labute approximate surface area is 152 Å². The zero-order valence-corrected chi connectivity index (χ0v) is 15.6. The van der Waals surface area contributed by atoms with Crippen molar-refractivity contribution >= 4 is 16.9 Å². The number of aryl methyl sites for hydroxylation is 1. The zero-order valence-electron chi connectivity index (χ0n) is 15.6. The molecule has 0 aliphatic rings. The molecule has 0 fully saturated rings. The smallest absolute Gasteiger partial charge is 0.338 e. The van der Waals surface area contributed by atoms with E-state index in [1.54, 1.807) is 18.2 Å². The molecule has 4 nitrogen and oxygen atoms in total. The summed E-state index contributed by atoms with van der Waals surface area (Å²) in [5.74, 6) is -0.436. The number of carbonyl (C=O) groups excluding carboxylic acids is 1. The quantitative estimate of drug-likeness (QED) is 0.709. The van der Waals surface area contributed by atoms with Crippen LogP contribution in [0.4, 0.5) is 0 Å². The Morgan fingerprint density at radius 2 is 1.77 bits per heavy atom. The fourth-order valence-corrected chi connectivity index (χ4v) is 2.87. The molecule has 0 spiro atoms. The van der Waals surface area contributed by atoms with Crippen molar-refractivity contribution in [3.63, 3.8) is 0 Å². The van der Waals surface area contributed by atoms with Gasteiger partial charge < -0.3 is 9.72 Å². The molecular weight excluding hydrogens is 326 g/mol. The van der Waals surface area contributed by atoms with Crippen molar-refractivity contribution in [2.24, 2.45) is 0 Å². The lowest BCUT2D eigenvalue weighted by molar-refractivity contribution is 0.0471. The van der Waals surface area contributed by atoms with Gasteiger partial charge in [0.1, 0.15) is 6.61 Å². The van der Waals surface area contributed by atoms with E-state index in [1.165, 1.54) is 0 Å². The number of hydrogen-bond acceptors (Lipinski definition) is 3. The number of carbonyl (C=O) groups is 1. The van der Waals surface area contributed by atoms with Gasteiger partial charge in [0.05, 0.1) is 16.6 Å². The summed E-state index contributed by atoms with van der Waals surface area (Å²) in [5.41, 5.74) is 3.67. The second-order valence-corrected chi connectivity index (χ2v) is 7.57. The third-order valence-corrected chi connectivity index (χ3v) is 4.51. The van der Waals surface area contributed by atoms with Gasteiger partial charge in [0.2, 0.25) is 0 Å². The molecule has 0 unspecified atom stereocenters. The van der Waals surface area contributed by atoms with E-state index in [0.29, 0.717) is 11.1 Å². The number of benzene rings is 2. The third-order valence-electron chi connectivity index (χ3n) is 4.51. The molecule has 134 valence electrons. The number of H-pyrrole nitrogens is 1. The molecule has 0 atom stereocenters. The minimum atomic E-state index is -0.436. The van der Waals surface area contributed by atoms with Crippen LogP contribution in [0.5, 0.6) is 0 Å². The predicted octanol–water partition coefficient (Wildman–Crippen LogP) is 4.49. The lowest BCUT2D eigenvalue weighted by Crippen LogP contribution is -2.16. The highest BCUT2D eigenvalue weighted by molar-refractivity contribution is 5.89. The molecule has 0 radical (unpaired) electrons. The van der Waals surface area contributed by atoms with E-state index in [0.717, 1.165) is 22.0 Å². The fourth-order valence-electron chi connectivity index (χ4n) is 2.87. The highest BCUT2D eigenvalue weighted by Gasteiger charge is 2.15. The predicted molar refractivity (Wildman–Crippen MR) is 104 cm³/mol. The Morgan fingerprint density at radius 1 is 1.08 bits per heavy atom. The average Bonchev–Trinajstić information content (AvgIpc) is 2.60. The normalized spacial score (nSPS) is 11.5. The van der Waals surface area contributed by atoms with Crippen molar-refractivity contribution in [3.8, 4) is 0 Å². The standard InChI is InChI=1S/C22H23NO3/c1-14-6-5-7-16-12-17(20(24)23-19(14)16)13-26-21(25)15-8-10-18(11-9-15)22(2,3)4/h5-12H,13H2,1-4H3,(H,23,24). The minimum Gasteiger partial charge on any atom is -0.457 e. The number of aromatic amines is 1. The Hall–Kier alpha value is -2.88. The van der Waals surface area contributed by atoms with Gasteiger partial charge in [-0.25, -0.2) is 4.79 Å². The summed E-state index contributed by atoms with van der Waals surface area (Å²) in [6.45, 7) is 8.24. The van der Waals surface area contributed by atoms with E-state index in [4.69, 9.17) is 4.74 Å². The molecule has 0 saturated heterocycles. The van der Waals surface area contributed by atoms with E-state index in [9.17, 15) is 9.59 Å². The SMILES string of the molecule is Cc1cccc2cc(COC(=O)c3ccc(C(C)(C)C)cc3)c(=O)[nH]c12. The van der Waals surface area contributed by atoms with Crippen LogP contribution in [-0.2, 0) is 16.8 Å². The molecule has 2 aromatic carbocycles. The lowest BCUT2D eigenvalue weighted by Gasteiger charge is -2.18. The van der Waals surface area contributed by atoms with Crippen LogP contribution in [0.1, 0.15) is 47.8 Å². The van der Waals surface area contributed by atoms with Gasteiger partial charge in [-0.2, -0.15) is 0 Å². The van der Waals surface area contributed by atoms with Gasteiger partial charge >= 0.3 is 5.97 Å². The highest BCUT2D eigenvalue weighted by atomic mass is 16.5. The minimum absolute atomic E-state index is 0.0267. The molecule has 0 amide bonds. The summed E-state index contributed by atoms with van der Waals surface area (Å²) >= 11 is 0. The molecule has 3 aromatic rings. The first-order valence-electron chi connectivity index (χ1n) is 8.65. The lowest BCUT2D eigenvalue weighted by atomic mass is 9.87. The van der Waals surface area contributed by atoms with E-state index in [1.807, 2.05) is 37.3 Å². The number of rotatable bonds is 3. The number of hydrogen-bond donors (Lipinski definition) is 1. The average molecular weight is 349 g/mol. The summed E-state index contributed by atoms with van der Waals surface area (Å²) in [4.78, 5) is 27.4. The molecule has 0 aliphatic carbocycles. The first kappa shape index (κ1) is 17.9. The molecule has 1 heterocycles. The molecule has 3 rings (SSSR count). The van der Waals surface area contributed by atoms with Gasteiger partial charge in [-0.1, -0.05) is 51.1 Å². The number of pyridine rings is 1. The molecule has 26 heavy (non-hydrogen) atoms. The second kappa shape index (κ2) is 6.79. The maximum Gasteiger partial charge on any atom is 0.338 e. The molecule has 1 N–H and O–H groups in total. The Bertz CT molecular complexity index is 1010. The topological polar surface area (TPSA) is 59.2 Å². The van der Waals surface area contributed by atoms with E-state index in [-0.39, 0.29) is 17.6 Å². The largest absolute Gasteiger partial charge is 0.457 e. The van der Waals surface area contributed by atoms with E-state index < -0.39 is 5.97 Å². The van der Waals surface area contributed by atoms with Crippen molar-refractivity contribution in [1.82, 2.24) is 4.98 Å². The monoisotopic (exact) mass is 349 g/mol. The highest BCUT2D eigenvalue weighted by Crippen LogP contribution is 2.22. The third kappa shape index (κ3) is 3.69. The van der Waals surface area contributed by atoms with Crippen LogP contribution in [0.3, 0.4) is 0 Å². The molecule has 1 aromatic heterocycles. The van der Waals surface area contributed by atoms with Crippen LogP contribution in [0.25, 0.3) is 10.9 Å². The van der Waals surface area contributed by atoms with Crippen LogP contribution in [-0.4, -0.2) is 11.0 Å². The van der Waals surface area contributed by atoms with Gasteiger partial charge in [0, 0.05) is 0 Å². The Morgan fingerprint density at radius 3 is 2.42 bits per heavy atom. The first-order chi connectivity index (χ1) is 12.3. The molecular formula is C22H23NO3. The maximum atomic E-state index is 12.3.